The Morgan fingerprint density at radius 2 is 1.71 bits per heavy atom. The van der Waals surface area contributed by atoms with Crippen molar-refractivity contribution in [1.82, 2.24) is 0 Å². The number of aryl methyl sites for hydroxylation is 1. The van der Waals surface area contributed by atoms with Crippen molar-refractivity contribution < 1.29 is 0 Å². The van der Waals surface area contributed by atoms with Crippen molar-refractivity contribution in [2.75, 3.05) is 6.54 Å². The van der Waals surface area contributed by atoms with E-state index in [1.165, 1.54) is 30.4 Å². The fourth-order valence-electron chi connectivity index (χ4n) is 2.29. The number of hydrogen-bond acceptors (Lipinski definition) is 1. The van der Waals surface area contributed by atoms with E-state index in [2.05, 4.69) is 52.0 Å². The second kappa shape index (κ2) is 6.20. The molecule has 0 aliphatic rings. The van der Waals surface area contributed by atoms with E-state index >= 15 is 0 Å². The monoisotopic (exact) mass is 233 g/mol. The maximum Gasteiger partial charge on any atom is 0.000978 e. The first-order chi connectivity index (χ1) is 7.99. The van der Waals surface area contributed by atoms with E-state index in [0.29, 0.717) is 5.92 Å². The molecule has 1 aromatic carbocycles. The van der Waals surface area contributed by atoms with Gasteiger partial charge in [-0.2, -0.15) is 0 Å². The molecule has 1 rings (SSSR count). The molecule has 1 nitrogen and oxygen atoms in total. The van der Waals surface area contributed by atoms with E-state index in [9.17, 15) is 0 Å². The molecule has 0 fully saturated rings. The minimum absolute atomic E-state index is 0.236. The highest BCUT2D eigenvalue weighted by atomic mass is 14.6. The lowest BCUT2D eigenvalue weighted by atomic mass is 9.76. The molecule has 2 N–H and O–H groups in total. The number of nitrogens with two attached hydrogens (primary N) is 1. The van der Waals surface area contributed by atoms with Crippen molar-refractivity contribution in [3.63, 3.8) is 0 Å². The second-order valence-corrected chi connectivity index (χ2v) is 6.00. The third kappa shape index (κ3) is 4.16. The van der Waals surface area contributed by atoms with Crippen LogP contribution in [0, 0.1) is 5.41 Å². The summed E-state index contributed by atoms with van der Waals surface area (Å²) in [7, 11) is 0. The lowest BCUT2D eigenvalue weighted by molar-refractivity contribution is 0.325. The molecule has 0 aliphatic carbocycles. The van der Waals surface area contributed by atoms with Crippen molar-refractivity contribution in [1.29, 1.82) is 0 Å². The number of unbranched alkanes of at least 4 members (excludes halogenated alkanes) is 1. The van der Waals surface area contributed by atoms with Gasteiger partial charge in [-0.3, -0.25) is 0 Å². The minimum Gasteiger partial charge on any atom is -0.330 e. The van der Waals surface area contributed by atoms with Crippen LogP contribution in [-0.2, 0) is 6.42 Å². The van der Waals surface area contributed by atoms with E-state index in [0.717, 1.165) is 6.54 Å². The van der Waals surface area contributed by atoms with Crippen LogP contribution in [0.25, 0.3) is 0 Å². The van der Waals surface area contributed by atoms with Crippen LogP contribution in [-0.4, -0.2) is 6.54 Å². The lowest BCUT2D eigenvalue weighted by Gasteiger charge is -2.30. The Labute approximate surface area is 106 Å². The third-order valence-electron chi connectivity index (χ3n) is 3.48. The van der Waals surface area contributed by atoms with E-state index in [1.807, 2.05) is 0 Å². The van der Waals surface area contributed by atoms with E-state index in [1.54, 1.807) is 0 Å². The summed E-state index contributed by atoms with van der Waals surface area (Å²) >= 11 is 0. The van der Waals surface area contributed by atoms with Crippen molar-refractivity contribution in [3.8, 4) is 0 Å². The maximum atomic E-state index is 5.91. The average Bonchev–Trinajstić information content (AvgIpc) is 2.27. The fourth-order valence-corrected chi connectivity index (χ4v) is 2.29. The van der Waals surface area contributed by atoms with Crippen molar-refractivity contribution in [3.05, 3.63) is 35.4 Å². The average molecular weight is 233 g/mol. The molecule has 0 radical (unpaired) electrons. The van der Waals surface area contributed by atoms with Crippen molar-refractivity contribution >= 4 is 0 Å². The van der Waals surface area contributed by atoms with Crippen LogP contribution in [0.3, 0.4) is 0 Å². The molecule has 1 aromatic rings. The predicted molar refractivity (Wildman–Crippen MR) is 76.3 cm³/mol. The third-order valence-corrected chi connectivity index (χ3v) is 3.48. The molecule has 0 saturated carbocycles. The minimum atomic E-state index is 0.236. The first-order valence-corrected chi connectivity index (χ1v) is 6.78. The van der Waals surface area contributed by atoms with Gasteiger partial charge in [-0.25, -0.2) is 0 Å². The van der Waals surface area contributed by atoms with Gasteiger partial charge in [0.25, 0.3) is 0 Å². The molecule has 0 bridgehead atoms. The highest BCUT2D eigenvalue weighted by molar-refractivity contribution is 5.27. The van der Waals surface area contributed by atoms with Crippen LogP contribution in [0.5, 0.6) is 0 Å². The number of benzene rings is 1. The van der Waals surface area contributed by atoms with Gasteiger partial charge >= 0.3 is 0 Å². The molecule has 0 heterocycles. The highest BCUT2D eigenvalue weighted by Gasteiger charge is 2.24. The van der Waals surface area contributed by atoms with E-state index in [4.69, 9.17) is 5.73 Å². The van der Waals surface area contributed by atoms with Gasteiger partial charge in [-0.05, 0) is 35.9 Å². The smallest absolute Gasteiger partial charge is 0.000978 e. The topological polar surface area (TPSA) is 26.0 Å². The Morgan fingerprint density at radius 3 is 2.12 bits per heavy atom. The molecule has 0 aromatic heterocycles. The molecule has 1 unspecified atom stereocenters. The van der Waals surface area contributed by atoms with Gasteiger partial charge in [0.1, 0.15) is 0 Å². The Balaban J connectivity index is 2.78. The first kappa shape index (κ1) is 14.2. The van der Waals surface area contributed by atoms with Gasteiger partial charge in [-0.1, -0.05) is 58.4 Å². The molecule has 0 aliphatic heterocycles. The molecule has 1 atom stereocenters. The molecule has 0 saturated heterocycles. The Hall–Kier alpha value is -0.820. The van der Waals surface area contributed by atoms with Gasteiger partial charge in [0.2, 0.25) is 0 Å². The van der Waals surface area contributed by atoms with Crippen molar-refractivity contribution in [2.24, 2.45) is 11.1 Å². The molecule has 1 heteroatoms. The number of rotatable bonds is 5. The van der Waals surface area contributed by atoms with Gasteiger partial charge < -0.3 is 5.73 Å². The van der Waals surface area contributed by atoms with Gasteiger partial charge in [0, 0.05) is 5.92 Å². The van der Waals surface area contributed by atoms with E-state index in [-0.39, 0.29) is 5.41 Å². The largest absolute Gasteiger partial charge is 0.330 e. The van der Waals surface area contributed by atoms with Gasteiger partial charge in [0.15, 0.2) is 0 Å². The van der Waals surface area contributed by atoms with Gasteiger partial charge in [-0.15, -0.1) is 0 Å². The van der Waals surface area contributed by atoms with Crippen LogP contribution in [0.4, 0.5) is 0 Å². The summed E-state index contributed by atoms with van der Waals surface area (Å²) in [5.41, 5.74) is 8.96. The van der Waals surface area contributed by atoms with Crippen LogP contribution in [0.2, 0.25) is 0 Å². The van der Waals surface area contributed by atoms with Crippen LogP contribution in [0.1, 0.15) is 57.6 Å². The molecule has 0 amide bonds. The Bertz CT molecular complexity index is 318. The van der Waals surface area contributed by atoms with E-state index < -0.39 is 0 Å². The van der Waals surface area contributed by atoms with Gasteiger partial charge in [0.05, 0.1) is 0 Å². The summed E-state index contributed by atoms with van der Waals surface area (Å²) in [5.74, 6) is 0.447. The zero-order valence-electron chi connectivity index (χ0n) is 11.8. The van der Waals surface area contributed by atoms with Crippen molar-refractivity contribution in [2.45, 2.75) is 52.9 Å². The predicted octanol–water partition coefficient (Wildman–Crippen LogP) is 4.12. The summed E-state index contributed by atoms with van der Waals surface area (Å²) in [6.45, 7) is 9.73. The Morgan fingerprint density at radius 1 is 1.12 bits per heavy atom. The zero-order valence-corrected chi connectivity index (χ0v) is 11.8. The molecule has 17 heavy (non-hydrogen) atoms. The molecular weight excluding hydrogens is 206 g/mol. The summed E-state index contributed by atoms with van der Waals surface area (Å²) in [6.07, 6.45) is 3.73. The lowest BCUT2D eigenvalue weighted by Crippen LogP contribution is -2.25. The molecular formula is C16H27N. The Kier molecular flexibility index (Phi) is 5.20. The second-order valence-electron chi connectivity index (χ2n) is 6.00. The molecule has 96 valence electrons. The van der Waals surface area contributed by atoms with Crippen LogP contribution in [0.15, 0.2) is 24.3 Å². The zero-order chi connectivity index (χ0) is 12.9. The standard InChI is InChI=1S/C16H27N/c1-5-6-7-13-8-10-14(11-9-13)15(12-17)16(2,3)4/h8-11,15H,5-7,12,17H2,1-4H3. The maximum absolute atomic E-state index is 5.91. The van der Waals surface area contributed by atoms with Crippen LogP contribution < -0.4 is 5.73 Å². The summed E-state index contributed by atoms with van der Waals surface area (Å²) in [5, 5.41) is 0. The van der Waals surface area contributed by atoms with Crippen LogP contribution >= 0.6 is 0 Å². The summed E-state index contributed by atoms with van der Waals surface area (Å²) in [6, 6.07) is 9.04. The highest BCUT2D eigenvalue weighted by Crippen LogP contribution is 2.34. The summed E-state index contributed by atoms with van der Waals surface area (Å²) in [4.78, 5) is 0. The first-order valence-electron chi connectivity index (χ1n) is 6.78. The summed E-state index contributed by atoms with van der Waals surface area (Å²) < 4.78 is 0. The number of hydrogen-bond donors (Lipinski definition) is 1. The SMILES string of the molecule is CCCCc1ccc(C(CN)C(C)(C)C)cc1. The normalized spacial score (nSPS) is 13.7. The quantitative estimate of drug-likeness (QED) is 0.813. The molecule has 0 spiro atoms. The fraction of sp³-hybridized carbons (Fsp3) is 0.625.